The lowest BCUT2D eigenvalue weighted by Crippen LogP contribution is -2.08. The minimum absolute atomic E-state index is 0.309. The number of rotatable bonds is 5. The fourth-order valence-corrected chi connectivity index (χ4v) is 1.87. The molecular weight excluding hydrogens is 262 g/mol. The quantitative estimate of drug-likeness (QED) is 0.619. The minimum Gasteiger partial charge on any atom is -0.462 e. The van der Waals surface area contributed by atoms with Gasteiger partial charge < -0.3 is 4.74 Å². The molecule has 0 radical (unpaired) electrons. The third-order valence-corrected chi connectivity index (χ3v) is 3.00. The Balaban J connectivity index is 1.77. The second-order valence-corrected chi connectivity index (χ2v) is 4.49. The van der Waals surface area contributed by atoms with Crippen molar-refractivity contribution in [2.24, 2.45) is 0 Å². The van der Waals surface area contributed by atoms with Crippen molar-refractivity contribution in [1.82, 2.24) is 4.98 Å². The minimum atomic E-state index is -0.425. The molecule has 2 rings (SSSR count). The number of halogens is 1. The SMILES string of the molecule is O=C(OCCCc1ccccc1)c1cnccc1Cl. The molecule has 1 aromatic carbocycles. The van der Waals surface area contributed by atoms with Crippen LogP contribution < -0.4 is 0 Å². The van der Waals surface area contributed by atoms with E-state index in [9.17, 15) is 4.79 Å². The molecule has 3 nitrogen and oxygen atoms in total. The van der Waals surface area contributed by atoms with Crippen LogP contribution in [0, 0.1) is 0 Å². The molecule has 0 saturated heterocycles. The highest BCUT2D eigenvalue weighted by molar-refractivity contribution is 6.33. The van der Waals surface area contributed by atoms with E-state index < -0.39 is 5.97 Å². The predicted molar refractivity (Wildman–Crippen MR) is 74.3 cm³/mol. The molecule has 2 aromatic rings. The summed E-state index contributed by atoms with van der Waals surface area (Å²) in [6.45, 7) is 0.374. The third-order valence-electron chi connectivity index (χ3n) is 2.67. The van der Waals surface area contributed by atoms with Gasteiger partial charge in [0.2, 0.25) is 0 Å². The second kappa shape index (κ2) is 6.90. The number of aryl methyl sites for hydroxylation is 1. The Bertz CT molecular complexity index is 543. The maximum absolute atomic E-state index is 11.7. The van der Waals surface area contributed by atoms with Crippen LogP contribution in [0.5, 0.6) is 0 Å². The zero-order chi connectivity index (χ0) is 13.5. The Morgan fingerprint density at radius 2 is 2.00 bits per heavy atom. The summed E-state index contributed by atoms with van der Waals surface area (Å²) < 4.78 is 5.17. The summed E-state index contributed by atoms with van der Waals surface area (Å²) in [7, 11) is 0. The monoisotopic (exact) mass is 275 g/mol. The van der Waals surface area contributed by atoms with Gasteiger partial charge in [0, 0.05) is 12.4 Å². The average Bonchev–Trinajstić information content (AvgIpc) is 2.45. The van der Waals surface area contributed by atoms with Crippen LogP contribution in [0.2, 0.25) is 5.02 Å². The fraction of sp³-hybridized carbons (Fsp3) is 0.200. The zero-order valence-electron chi connectivity index (χ0n) is 10.4. The molecule has 0 aliphatic rings. The highest BCUT2D eigenvalue weighted by Crippen LogP contribution is 2.14. The molecule has 0 N–H and O–H groups in total. The second-order valence-electron chi connectivity index (χ2n) is 4.08. The first kappa shape index (κ1) is 13.6. The number of carbonyl (C=O) groups is 1. The van der Waals surface area contributed by atoms with Gasteiger partial charge in [-0.15, -0.1) is 0 Å². The van der Waals surface area contributed by atoms with E-state index in [1.165, 1.54) is 18.0 Å². The van der Waals surface area contributed by atoms with E-state index in [1.807, 2.05) is 18.2 Å². The number of hydrogen-bond acceptors (Lipinski definition) is 3. The summed E-state index contributed by atoms with van der Waals surface area (Å²) in [5, 5.41) is 0.364. The van der Waals surface area contributed by atoms with Gasteiger partial charge in [-0.05, 0) is 24.5 Å². The van der Waals surface area contributed by atoms with Crippen LogP contribution in [0.25, 0.3) is 0 Å². The third kappa shape index (κ3) is 4.07. The normalized spacial score (nSPS) is 10.2. The van der Waals surface area contributed by atoms with Gasteiger partial charge in [0.05, 0.1) is 17.2 Å². The van der Waals surface area contributed by atoms with Gasteiger partial charge in [0.1, 0.15) is 0 Å². The molecular formula is C15H14ClNO2. The van der Waals surface area contributed by atoms with Gasteiger partial charge >= 0.3 is 5.97 Å². The van der Waals surface area contributed by atoms with Gasteiger partial charge in [0.15, 0.2) is 0 Å². The molecule has 1 aromatic heterocycles. The van der Waals surface area contributed by atoms with Gasteiger partial charge in [-0.25, -0.2) is 4.79 Å². The Morgan fingerprint density at radius 3 is 2.74 bits per heavy atom. The van der Waals surface area contributed by atoms with Crippen molar-refractivity contribution < 1.29 is 9.53 Å². The van der Waals surface area contributed by atoms with E-state index in [0.29, 0.717) is 17.2 Å². The Morgan fingerprint density at radius 1 is 1.21 bits per heavy atom. The van der Waals surface area contributed by atoms with Crippen molar-refractivity contribution in [3.63, 3.8) is 0 Å². The van der Waals surface area contributed by atoms with Crippen LogP contribution in [0.1, 0.15) is 22.3 Å². The summed E-state index contributed by atoms with van der Waals surface area (Å²) in [6, 6.07) is 11.7. The Labute approximate surface area is 117 Å². The first-order valence-corrected chi connectivity index (χ1v) is 6.46. The first-order chi connectivity index (χ1) is 9.27. The molecule has 19 heavy (non-hydrogen) atoms. The van der Waals surface area contributed by atoms with Crippen LogP contribution in [0.4, 0.5) is 0 Å². The average molecular weight is 276 g/mol. The number of pyridine rings is 1. The molecule has 4 heteroatoms. The van der Waals surface area contributed by atoms with Crippen LogP contribution in [0.3, 0.4) is 0 Å². The number of esters is 1. The molecule has 0 unspecified atom stereocenters. The van der Waals surface area contributed by atoms with Crippen LogP contribution >= 0.6 is 11.6 Å². The standard InChI is InChI=1S/C15H14ClNO2/c16-14-8-9-17-11-13(14)15(18)19-10-4-7-12-5-2-1-3-6-12/h1-3,5-6,8-9,11H,4,7,10H2. The molecule has 0 bridgehead atoms. The maximum Gasteiger partial charge on any atom is 0.341 e. The topological polar surface area (TPSA) is 39.2 Å². The largest absolute Gasteiger partial charge is 0.462 e. The van der Waals surface area contributed by atoms with Gasteiger partial charge in [-0.2, -0.15) is 0 Å². The number of ether oxygens (including phenoxy) is 1. The van der Waals surface area contributed by atoms with Crippen LogP contribution in [-0.4, -0.2) is 17.6 Å². The highest BCUT2D eigenvalue weighted by Gasteiger charge is 2.11. The molecule has 0 fully saturated rings. The van der Waals surface area contributed by atoms with E-state index in [0.717, 1.165) is 12.8 Å². The van der Waals surface area contributed by atoms with E-state index >= 15 is 0 Å². The number of aromatic nitrogens is 1. The van der Waals surface area contributed by atoms with Crippen molar-refractivity contribution in [2.45, 2.75) is 12.8 Å². The summed E-state index contributed by atoms with van der Waals surface area (Å²) in [5.74, 6) is -0.425. The van der Waals surface area contributed by atoms with Crippen molar-refractivity contribution in [1.29, 1.82) is 0 Å². The lowest BCUT2D eigenvalue weighted by molar-refractivity contribution is 0.0500. The van der Waals surface area contributed by atoms with E-state index in [2.05, 4.69) is 17.1 Å². The summed E-state index contributed by atoms with van der Waals surface area (Å²) >= 11 is 5.89. The predicted octanol–water partition coefficient (Wildman–Crippen LogP) is 3.52. The molecule has 0 amide bonds. The molecule has 98 valence electrons. The highest BCUT2D eigenvalue weighted by atomic mass is 35.5. The van der Waals surface area contributed by atoms with Crippen molar-refractivity contribution in [3.05, 3.63) is 64.9 Å². The number of benzene rings is 1. The lowest BCUT2D eigenvalue weighted by Gasteiger charge is -2.05. The van der Waals surface area contributed by atoms with Gasteiger partial charge in [0.25, 0.3) is 0 Å². The number of nitrogens with zero attached hydrogens (tertiary/aromatic N) is 1. The van der Waals surface area contributed by atoms with Gasteiger partial charge in [-0.1, -0.05) is 41.9 Å². The number of hydrogen-bond donors (Lipinski definition) is 0. The summed E-state index contributed by atoms with van der Waals surface area (Å²) in [6.07, 6.45) is 4.62. The van der Waals surface area contributed by atoms with Crippen molar-refractivity contribution in [2.75, 3.05) is 6.61 Å². The van der Waals surface area contributed by atoms with E-state index in [1.54, 1.807) is 6.07 Å². The molecule has 0 atom stereocenters. The first-order valence-electron chi connectivity index (χ1n) is 6.08. The summed E-state index contributed by atoms with van der Waals surface area (Å²) in [4.78, 5) is 15.6. The Kier molecular flexibility index (Phi) is 4.93. The molecule has 0 spiro atoms. The van der Waals surface area contributed by atoms with Crippen molar-refractivity contribution in [3.8, 4) is 0 Å². The van der Waals surface area contributed by atoms with E-state index in [-0.39, 0.29) is 0 Å². The maximum atomic E-state index is 11.7. The number of carbonyl (C=O) groups excluding carboxylic acids is 1. The van der Waals surface area contributed by atoms with Crippen LogP contribution in [0.15, 0.2) is 48.8 Å². The lowest BCUT2D eigenvalue weighted by atomic mass is 10.1. The molecule has 0 aliphatic carbocycles. The zero-order valence-corrected chi connectivity index (χ0v) is 11.1. The molecule has 1 heterocycles. The smallest absolute Gasteiger partial charge is 0.341 e. The van der Waals surface area contributed by atoms with E-state index in [4.69, 9.17) is 16.3 Å². The van der Waals surface area contributed by atoms with Crippen molar-refractivity contribution >= 4 is 17.6 Å². The molecule has 0 saturated carbocycles. The molecule has 0 aliphatic heterocycles. The Hall–Kier alpha value is -1.87. The summed E-state index contributed by atoms with van der Waals surface area (Å²) in [5.41, 5.74) is 1.54. The van der Waals surface area contributed by atoms with Gasteiger partial charge in [-0.3, -0.25) is 4.98 Å². The van der Waals surface area contributed by atoms with Crippen LogP contribution in [-0.2, 0) is 11.2 Å². The fourth-order valence-electron chi connectivity index (χ4n) is 1.69.